The van der Waals surface area contributed by atoms with Gasteiger partial charge in [0.1, 0.15) is 5.75 Å². The Hall–Kier alpha value is -2.67. The van der Waals surface area contributed by atoms with Gasteiger partial charge in [0.2, 0.25) is 11.8 Å². The fourth-order valence-electron chi connectivity index (χ4n) is 2.32. The van der Waals surface area contributed by atoms with Crippen molar-refractivity contribution in [2.75, 3.05) is 12.4 Å². The first-order valence-corrected chi connectivity index (χ1v) is 9.21. The van der Waals surface area contributed by atoms with E-state index in [1.807, 2.05) is 44.2 Å². The van der Waals surface area contributed by atoms with E-state index in [4.69, 9.17) is 4.74 Å². The maximum atomic E-state index is 12.0. The summed E-state index contributed by atoms with van der Waals surface area (Å²) in [5, 5.41) is 6.74. The summed E-state index contributed by atoms with van der Waals surface area (Å²) < 4.78 is 5.95. The van der Waals surface area contributed by atoms with E-state index in [2.05, 4.69) is 31.8 Å². The standard InChI is InChI=1S/C20H22BrN3O3/c1-13-5-4-6-17(14(13)2)23-19(25)9-10-20(26)24-22-12-15-7-8-18(27-3)16(21)11-15/h4-8,11-12H,9-10H2,1-3H3,(H,23,25)(H,24,26). The summed E-state index contributed by atoms with van der Waals surface area (Å²) in [4.78, 5) is 23.9. The number of ether oxygens (including phenoxy) is 1. The molecule has 6 nitrogen and oxygen atoms in total. The Kier molecular flexibility index (Phi) is 7.55. The number of halogens is 1. The van der Waals surface area contributed by atoms with E-state index in [0.29, 0.717) is 5.75 Å². The first-order valence-electron chi connectivity index (χ1n) is 8.42. The summed E-state index contributed by atoms with van der Waals surface area (Å²) >= 11 is 3.39. The van der Waals surface area contributed by atoms with Crippen molar-refractivity contribution in [3.63, 3.8) is 0 Å². The molecule has 7 heteroatoms. The largest absolute Gasteiger partial charge is 0.496 e. The number of nitrogens with zero attached hydrogens (tertiary/aromatic N) is 1. The van der Waals surface area contributed by atoms with Gasteiger partial charge in [-0.05, 0) is 70.7 Å². The Bertz CT molecular complexity index is 866. The molecular weight excluding hydrogens is 410 g/mol. The van der Waals surface area contributed by atoms with Crippen LogP contribution in [0.3, 0.4) is 0 Å². The lowest BCUT2D eigenvalue weighted by Crippen LogP contribution is -2.21. The van der Waals surface area contributed by atoms with Crippen LogP contribution in [0.15, 0.2) is 46.0 Å². The Morgan fingerprint density at radius 3 is 2.59 bits per heavy atom. The molecular formula is C20H22BrN3O3. The number of amides is 2. The van der Waals surface area contributed by atoms with Crippen molar-refractivity contribution < 1.29 is 14.3 Å². The van der Waals surface area contributed by atoms with E-state index >= 15 is 0 Å². The van der Waals surface area contributed by atoms with Crippen molar-refractivity contribution in [3.8, 4) is 5.75 Å². The third-order valence-corrected chi connectivity index (χ3v) is 4.66. The SMILES string of the molecule is COc1ccc(C=NNC(=O)CCC(=O)Nc2cccc(C)c2C)cc1Br. The van der Waals surface area contributed by atoms with Crippen LogP contribution in [0.1, 0.15) is 29.5 Å². The second-order valence-corrected chi connectivity index (χ2v) is 6.84. The lowest BCUT2D eigenvalue weighted by molar-refractivity contribution is -0.124. The second kappa shape index (κ2) is 9.87. The third-order valence-electron chi connectivity index (χ3n) is 4.04. The number of benzene rings is 2. The normalized spacial score (nSPS) is 10.7. The second-order valence-electron chi connectivity index (χ2n) is 5.98. The van der Waals surface area contributed by atoms with Gasteiger partial charge in [0.15, 0.2) is 0 Å². The Morgan fingerprint density at radius 1 is 1.15 bits per heavy atom. The number of methoxy groups -OCH3 is 1. The van der Waals surface area contributed by atoms with E-state index in [9.17, 15) is 9.59 Å². The summed E-state index contributed by atoms with van der Waals surface area (Å²) in [6, 6.07) is 11.2. The van der Waals surface area contributed by atoms with Crippen LogP contribution in [0.2, 0.25) is 0 Å². The number of carbonyl (C=O) groups is 2. The zero-order chi connectivity index (χ0) is 19.8. The van der Waals surface area contributed by atoms with Gasteiger partial charge in [-0.3, -0.25) is 9.59 Å². The number of aryl methyl sites for hydroxylation is 1. The number of anilines is 1. The maximum Gasteiger partial charge on any atom is 0.240 e. The molecule has 27 heavy (non-hydrogen) atoms. The molecule has 2 N–H and O–H groups in total. The topological polar surface area (TPSA) is 79.8 Å². The fourth-order valence-corrected chi connectivity index (χ4v) is 2.88. The number of hydrogen-bond acceptors (Lipinski definition) is 4. The van der Waals surface area contributed by atoms with Gasteiger partial charge in [-0.1, -0.05) is 12.1 Å². The predicted molar refractivity (Wildman–Crippen MR) is 110 cm³/mol. The quantitative estimate of drug-likeness (QED) is 0.514. The highest BCUT2D eigenvalue weighted by atomic mass is 79.9. The number of rotatable bonds is 7. The number of nitrogens with one attached hydrogen (secondary N) is 2. The van der Waals surface area contributed by atoms with Crippen LogP contribution in [0.25, 0.3) is 0 Å². The molecule has 0 fully saturated rings. The molecule has 0 radical (unpaired) electrons. The van der Waals surface area contributed by atoms with Gasteiger partial charge in [-0.2, -0.15) is 5.10 Å². The molecule has 0 spiro atoms. The van der Waals surface area contributed by atoms with Crippen molar-refractivity contribution in [2.24, 2.45) is 5.10 Å². The molecule has 0 aliphatic heterocycles. The summed E-state index contributed by atoms with van der Waals surface area (Å²) in [6.45, 7) is 3.93. The van der Waals surface area contributed by atoms with E-state index in [-0.39, 0.29) is 24.7 Å². The Labute approximate surface area is 167 Å². The van der Waals surface area contributed by atoms with Gasteiger partial charge < -0.3 is 10.1 Å². The molecule has 0 heterocycles. The highest BCUT2D eigenvalue weighted by Gasteiger charge is 2.09. The van der Waals surface area contributed by atoms with Crippen LogP contribution in [-0.2, 0) is 9.59 Å². The molecule has 2 amide bonds. The molecule has 0 aliphatic rings. The van der Waals surface area contributed by atoms with Gasteiger partial charge in [0.25, 0.3) is 0 Å². The smallest absolute Gasteiger partial charge is 0.240 e. The van der Waals surface area contributed by atoms with Crippen molar-refractivity contribution in [3.05, 3.63) is 57.6 Å². The molecule has 0 atom stereocenters. The lowest BCUT2D eigenvalue weighted by Gasteiger charge is -2.10. The van der Waals surface area contributed by atoms with E-state index in [1.54, 1.807) is 13.2 Å². The molecule has 0 unspecified atom stereocenters. The summed E-state index contributed by atoms with van der Waals surface area (Å²) in [5.41, 5.74) is 6.11. The molecule has 2 rings (SSSR count). The molecule has 0 aromatic heterocycles. The number of hydrogen-bond donors (Lipinski definition) is 2. The van der Waals surface area contributed by atoms with Crippen molar-refractivity contribution in [1.82, 2.24) is 5.43 Å². The monoisotopic (exact) mass is 431 g/mol. The average molecular weight is 432 g/mol. The maximum absolute atomic E-state index is 12.0. The minimum atomic E-state index is -0.324. The summed E-state index contributed by atoms with van der Waals surface area (Å²) in [6.07, 6.45) is 1.67. The van der Waals surface area contributed by atoms with E-state index < -0.39 is 0 Å². The van der Waals surface area contributed by atoms with Crippen molar-refractivity contribution in [2.45, 2.75) is 26.7 Å². The summed E-state index contributed by atoms with van der Waals surface area (Å²) in [7, 11) is 1.59. The highest BCUT2D eigenvalue weighted by Crippen LogP contribution is 2.24. The lowest BCUT2D eigenvalue weighted by atomic mass is 10.1. The van der Waals surface area contributed by atoms with Crippen molar-refractivity contribution in [1.29, 1.82) is 0 Å². The fraction of sp³-hybridized carbons (Fsp3) is 0.250. The average Bonchev–Trinajstić information content (AvgIpc) is 2.64. The van der Waals surface area contributed by atoms with Crippen LogP contribution >= 0.6 is 15.9 Å². The minimum absolute atomic E-state index is 0.0559. The first-order chi connectivity index (χ1) is 12.9. The van der Waals surface area contributed by atoms with E-state index in [0.717, 1.165) is 26.9 Å². The highest BCUT2D eigenvalue weighted by molar-refractivity contribution is 9.10. The Morgan fingerprint density at radius 2 is 1.89 bits per heavy atom. The molecule has 0 saturated heterocycles. The van der Waals surface area contributed by atoms with Crippen LogP contribution in [0.4, 0.5) is 5.69 Å². The number of hydrazone groups is 1. The Balaban J connectivity index is 1.79. The van der Waals surface area contributed by atoms with Gasteiger partial charge in [-0.15, -0.1) is 0 Å². The molecule has 2 aromatic rings. The predicted octanol–water partition coefficient (Wildman–Crippen LogP) is 3.94. The minimum Gasteiger partial charge on any atom is -0.496 e. The van der Waals surface area contributed by atoms with Gasteiger partial charge in [-0.25, -0.2) is 5.43 Å². The van der Waals surface area contributed by atoms with Crippen molar-refractivity contribution >= 4 is 39.6 Å². The zero-order valence-electron chi connectivity index (χ0n) is 15.5. The van der Waals surface area contributed by atoms with E-state index in [1.165, 1.54) is 6.21 Å². The molecule has 0 aliphatic carbocycles. The molecule has 142 valence electrons. The number of carbonyl (C=O) groups excluding carboxylic acids is 2. The van der Waals surface area contributed by atoms with Crippen LogP contribution in [0.5, 0.6) is 5.75 Å². The molecule has 0 bridgehead atoms. The zero-order valence-corrected chi connectivity index (χ0v) is 17.1. The third kappa shape index (κ3) is 6.21. The van der Waals surface area contributed by atoms with Gasteiger partial charge in [0.05, 0.1) is 17.8 Å². The summed E-state index contributed by atoms with van der Waals surface area (Å²) in [5.74, 6) is 0.183. The van der Waals surface area contributed by atoms with Crippen LogP contribution in [0, 0.1) is 13.8 Å². The van der Waals surface area contributed by atoms with Crippen LogP contribution in [-0.4, -0.2) is 25.1 Å². The molecule has 0 saturated carbocycles. The van der Waals surface area contributed by atoms with Gasteiger partial charge >= 0.3 is 0 Å². The molecule has 2 aromatic carbocycles. The first kappa shape index (κ1) is 20.6. The van der Waals surface area contributed by atoms with Crippen LogP contribution < -0.4 is 15.5 Å². The van der Waals surface area contributed by atoms with Gasteiger partial charge in [0, 0.05) is 18.5 Å².